The lowest BCUT2D eigenvalue weighted by Gasteiger charge is -2.18. The monoisotopic (exact) mass is 322 g/mol. The molecule has 0 amide bonds. The van der Waals surface area contributed by atoms with Gasteiger partial charge in [0.25, 0.3) is 0 Å². The van der Waals surface area contributed by atoms with Gasteiger partial charge in [-0.3, -0.25) is 0 Å². The Bertz CT molecular complexity index is 849. The summed E-state index contributed by atoms with van der Waals surface area (Å²) in [6.45, 7) is 9.88. The van der Waals surface area contributed by atoms with Crippen molar-refractivity contribution in [2.45, 2.75) is 34.1 Å². The second-order valence-electron chi connectivity index (χ2n) is 6.55. The highest BCUT2D eigenvalue weighted by Gasteiger charge is 2.16. The number of hydrogen-bond acceptors (Lipinski definition) is 2. The fourth-order valence-corrected chi connectivity index (χ4v) is 3.34. The molecule has 0 fully saturated rings. The van der Waals surface area contributed by atoms with E-state index in [1.54, 1.807) is 0 Å². The van der Waals surface area contributed by atoms with Crippen LogP contribution in [0.2, 0.25) is 0 Å². The second-order valence-corrected chi connectivity index (χ2v) is 6.55. The first-order valence-corrected chi connectivity index (χ1v) is 8.88. The van der Waals surface area contributed by atoms with Gasteiger partial charge in [0.05, 0.1) is 13.2 Å². The van der Waals surface area contributed by atoms with Crippen LogP contribution in [0.4, 0.5) is 0 Å². The molecule has 0 radical (unpaired) electrons. The van der Waals surface area contributed by atoms with E-state index < -0.39 is 0 Å². The minimum Gasteiger partial charge on any atom is -0.493 e. The predicted octanol–water partition coefficient (Wildman–Crippen LogP) is 5.99. The van der Waals surface area contributed by atoms with Crippen LogP contribution in [0.15, 0.2) is 42.5 Å². The van der Waals surface area contributed by atoms with Crippen molar-refractivity contribution in [2.24, 2.45) is 5.92 Å². The molecule has 0 N–H and O–H groups in total. The Morgan fingerprint density at radius 1 is 0.750 bits per heavy atom. The number of ether oxygens (including phenoxy) is 2. The van der Waals surface area contributed by atoms with Crippen molar-refractivity contribution < 1.29 is 9.47 Å². The van der Waals surface area contributed by atoms with Crippen LogP contribution < -0.4 is 9.47 Å². The molecule has 0 aliphatic rings. The Balaban J connectivity index is 2.36. The van der Waals surface area contributed by atoms with Gasteiger partial charge in [-0.05, 0) is 37.8 Å². The average molecular weight is 322 g/mol. The van der Waals surface area contributed by atoms with Crippen molar-refractivity contribution in [2.75, 3.05) is 13.2 Å². The summed E-state index contributed by atoms with van der Waals surface area (Å²) in [5, 5.41) is 4.52. The first-order chi connectivity index (χ1) is 11.7. The van der Waals surface area contributed by atoms with E-state index in [1.807, 2.05) is 13.8 Å². The summed E-state index contributed by atoms with van der Waals surface area (Å²) >= 11 is 0. The van der Waals surface area contributed by atoms with E-state index in [0.717, 1.165) is 39.5 Å². The van der Waals surface area contributed by atoms with Gasteiger partial charge in [-0.1, -0.05) is 50.2 Å². The highest BCUT2D eigenvalue weighted by atomic mass is 16.5. The molecule has 0 saturated carbocycles. The first kappa shape index (κ1) is 16.6. The zero-order valence-corrected chi connectivity index (χ0v) is 15.1. The van der Waals surface area contributed by atoms with E-state index in [9.17, 15) is 0 Å². The standard InChI is InChI=1S/C22H26O2/c1-5-23-21-17-9-7-8-10-18(17)22(24-6-2)20-14-16(13-15(3)4)11-12-19(20)21/h7-12,14-15H,5-6,13H2,1-4H3. The molecule has 0 heterocycles. The minimum atomic E-state index is 0.629. The van der Waals surface area contributed by atoms with Gasteiger partial charge < -0.3 is 9.47 Å². The van der Waals surface area contributed by atoms with Gasteiger partial charge in [0, 0.05) is 21.5 Å². The van der Waals surface area contributed by atoms with Gasteiger partial charge >= 0.3 is 0 Å². The zero-order chi connectivity index (χ0) is 17.1. The highest BCUT2D eigenvalue weighted by Crippen LogP contribution is 2.43. The van der Waals surface area contributed by atoms with Crippen LogP contribution in [0.3, 0.4) is 0 Å². The van der Waals surface area contributed by atoms with E-state index in [0.29, 0.717) is 19.1 Å². The number of hydrogen-bond donors (Lipinski definition) is 0. The molecule has 2 nitrogen and oxygen atoms in total. The van der Waals surface area contributed by atoms with Gasteiger partial charge in [0.2, 0.25) is 0 Å². The molecular weight excluding hydrogens is 296 g/mol. The Morgan fingerprint density at radius 2 is 1.29 bits per heavy atom. The summed E-state index contributed by atoms with van der Waals surface area (Å²) in [5.41, 5.74) is 1.34. The number of rotatable bonds is 6. The SMILES string of the molecule is CCOc1c2ccccc2c(OCC)c2cc(CC(C)C)ccc12. The van der Waals surface area contributed by atoms with Crippen molar-refractivity contribution >= 4 is 21.5 Å². The largest absolute Gasteiger partial charge is 0.493 e. The summed E-state index contributed by atoms with van der Waals surface area (Å²) in [7, 11) is 0. The quantitative estimate of drug-likeness (QED) is 0.519. The molecule has 0 aliphatic carbocycles. The molecule has 3 rings (SSSR count). The molecule has 0 atom stereocenters. The van der Waals surface area contributed by atoms with Crippen LogP contribution in [0.1, 0.15) is 33.3 Å². The van der Waals surface area contributed by atoms with E-state index >= 15 is 0 Å². The fraction of sp³-hybridized carbons (Fsp3) is 0.364. The average Bonchev–Trinajstić information content (AvgIpc) is 2.57. The van der Waals surface area contributed by atoms with E-state index in [-0.39, 0.29) is 0 Å². The molecule has 0 saturated heterocycles. The van der Waals surface area contributed by atoms with Gasteiger partial charge in [-0.15, -0.1) is 0 Å². The highest BCUT2D eigenvalue weighted by molar-refractivity contribution is 6.11. The van der Waals surface area contributed by atoms with Crippen LogP contribution in [0, 0.1) is 5.92 Å². The molecule has 2 heteroatoms. The second kappa shape index (κ2) is 7.12. The summed E-state index contributed by atoms with van der Waals surface area (Å²) in [6, 6.07) is 15.0. The topological polar surface area (TPSA) is 18.5 Å². The van der Waals surface area contributed by atoms with Gasteiger partial charge in [-0.2, -0.15) is 0 Å². The van der Waals surface area contributed by atoms with E-state index in [4.69, 9.17) is 9.47 Å². The molecule has 126 valence electrons. The third kappa shape index (κ3) is 3.06. The number of fused-ring (bicyclic) bond motifs is 2. The van der Waals surface area contributed by atoms with Crippen molar-refractivity contribution in [3.8, 4) is 11.5 Å². The fourth-order valence-electron chi connectivity index (χ4n) is 3.34. The molecule has 0 unspecified atom stereocenters. The van der Waals surface area contributed by atoms with Crippen molar-refractivity contribution in [1.82, 2.24) is 0 Å². The Hall–Kier alpha value is -2.22. The molecular formula is C22H26O2. The maximum atomic E-state index is 6.07. The molecule has 0 aromatic heterocycles. The Kier molecular flexibility index (Phi) is 4.94. The summed E-state index contributed by atoms with van der Waals surface area (Å²) < 4.78 is 12.1. The third-order valence-corrected chi connectivity index (χ3v) is 4.21. The van der Waals surface area contributed by atoms with Gasteiger partial charge in [-0.25, -0.2) is 0 Å². The Morgan fingerprint density at radius 3 is 1.83 bits per heavy atom. The molecule has 0 bridgehead atoms. The third-order valence-electron chi connectivity index (χ3n) is 4.21. The normalized spacial score (nSPS) is 11.4. The van der Waals surface area contributed by atoms with Crippen molar-refractivity contribution in [3.05, 3.63) is 48.0 Å². The Labute approximate surface area is 144 Å². The van der Waals surface area contributed by atoms with E-state index in [2.05, 4.69) is 56.3 Å². The lowest BCUT2D eigenvalue weighted by atomic mass is 9.96. The van der Waals surface area contributed by atoms with Crippen LogP contribution in [-0.2, 0) is 6.42 Å². The molecule has 24 heavy (non-hydrogen) atoms. The van der Waals surface area contributed by atoms with Crippen LogP contribution in [-0.4, -0.2) is 13.2 Å². The first-order valence-electron chi connectivity index (χ1n) is 8.88. The maximum Gasteiger partial charge on any atom is 0.135 e. The van der Waals surface area contributed by atoms with Crippen molar-refractivity contribution in [1.29, 1.82) is 0 Å². The molecule has 3 aromatic carbocycles. The minimum absolute atomic E-state index is 0.629. The lowest BCUT2D eigenvalue weighted by Crippen LogP contribution is -2.00. The van der Waals surface area contributed by atoms with Crippen LogP contribution in [0.25, 0.3) is 21.5 Å². The van der Waals surface area contributed by atoms with Crippen LogP contribution >= 0.6 is 0 Å². The predicted molar refractivity (Wildman–Crippen MR) is 102 cm³/mol. The zero-order valence-electron chi connectivity index (χ0n) is 15.1. The lowest BCUT2D eigenvalue weighted by molar-refractivity contribution is 0.342. The molecule has 3 aromatic rings. The molecule has 0 spiro atoms. The van der Waals surface area contributed by atoms with Crippen LogP contribution in [0.5, 0.6) is 11.5 Å². The summed E-state index contributed by atoms with van der Waals surface area (Å²) in [6.07, 6.45) is 1.07. The van der Waals surface area contributed by atoms with Gasteiger partial charge in [0.1, 0.15) is 11.5 Å². The maximum absolute atomic E-state index is 6.07. The molecule has 0 aliphatic heterocycles. The van der Waals surface area contributed by atoms with E-state index in [1.165, 1.54) is 5.56 Å². The van der Waals surface area contributed by atoms with Crippen molar-refractivity contribution in [3.63, 3.8) is 0 Å². The smallest absolute Gasteiger partial charge is 0.135 e. The van der Waals surface area contributed by atoms with Gasteiger partial charge in [0.15, 0.2) is 0 Å². The summed E-state index contributed by atoms with van der Waals surface area (Å²) in [5.74, 6) is 2.56. The summed E-state index contributed by atoms with van der Waals surface area (Å²) in [4.78, 5) is 0. The number of benzene rings is 3.